The zero-order chi connectivity index (χ0) is 10.7. The summed E-state index contributed by atoms with van der Waals surface area (Å²) in [6, 6.07) is 0. The van der Waals surface area contributed by atoms with E-state index in [4.69, 9.17) is 0 Å². The fourth-order valence-corrected chi connectivity index (χ4v) is 0. The van der Waals surface area contributed by atoms with Gasteiger partial charge in [-0.15, -0.1) is 18.3 Å². The van der Waals surface area contributed by atoms with E-state index in [-0.39, 0.29) is 34.7 Å². The summed E-state index contributed by atoms with van der Waals surface area (Å²) in [5.74, 6) is 0. The third kappa shape index (κ3) is 2070. The Labute approximate surface area is 110 Å². The molecular weight excluding hydrogens is 210 g/mol. The molecule has 0 radical (unpaired) electrons. The monoisotopic (exact) mass is 231 g/mol. The number of hydrogen-bond donors (Lipinski definition) is 0. The van der Waals surface area contributed by atoms with Gasteiger partial charge < -0.3 is 15.3 Å². The molecule has 0 fully saturated rings. The molecule has 0 bridgehead atoms. The molecule has 0 heterocycles. The molecule has 0 aliphatic carbocycles. The molecule has 3 nitrogen and oxygen atoms in total. The standard InChI is InChI=1S/3C3H7O.2Al/c3*1-3(2)4;;/h3*3H,1-2H3;;/q3*-1;2*+3. The Hall–Kier alpha value is 0.945. The SMILES string of the molecule is CC(C)[O-].CC(C)[O-].CC(C)[O-].[Al+3].[Al+3]. The summed E-state index contributed by atoms with van der Waals surface area (Å²) < 4.78 is 0. The second kappa shape index (κ2) is 23.6. The average molecular weight is 231 g/mol. The largest absolute Gasteiger partial charge is 3.00 e. The van der Waals surface area contributed by atoms with Crippen LogP contribution in [0.15, 0.2) is 0 Å². The van der Waals surface area contributed by atoms with Crippen molar-refractivity contribution >= 4 is 34.7 Å². The summed E-state index contributed by atoms with van der Waals surface area (Å²) in [6.07, 6.45) is -1.25. The van der Waals surface area contributed by atoms with E-state index in [0.29, 0.717) is 0 Å². The molecule has 0 spiro atoms. The third-order valence-corrected chi connectivity index (χ3v) is 0. The van der Waals surface area contributed by atoms with Gasteiger partial charge in [0.1, 0.15) is 0 Å². The Kier molecular flexibility index (Phi) is 49.6. The maximum absolute atomic E-state index is 9.53. The summed E-state index contributed by atoms with van der Waals surface area (Å²) in [5.41, 5.74) is 0. The van der Waals surface area contributed by atoms with E-state index >= 15 is 0 Å². The summed E-state index contributed by atoms with van der Waals surface area (Å²) in [7, 11) is 0. The topological polar surface area (TPSA) is 69.2 Å². The van der Waals surface area contributed by atoms with Crippen molar-refractivity contribution in [3.05, 3.63) is 0 Å². The molecule has 0 unspecified atom stereocenters. The Balaban J connectivity index is -0.0000000270. The molecule has 0 aromatic carbocycles. The van der Waals surface area contributed by atoms with E-state index in [1.54, 1.807) is 41.5 Å². The first-order valence-electron chi connectivity index (χ1n) is 4.17. The molecule has 14 heavy (non-hydrogen) atoms. The van der Waals surface area contributed by atoms with Crippen LogP contribution in [0.4, 0.5) is 0 Å². The van der Waals surface area contributed by atoms with Crippen LogP contribution in [0.1, 0.15) is 41.5 Å². The molecule has 0 saturated carbocycles. The van der Waals surface area contributed by atoms with Gasteiger partial charge in [-0.05, 0) is 0 Å². The molecule has 0 aliphatic heterocycles. The first kappa shape index (κ1) is 29.4. The minimum atomic E-state index is -0.417. The predicted molar refractivity (Wildman–Crippen MR) is 56.9 cm³/mol. The van der Waals surface area contributed by atoms with Gasteiger partial charge in [-0.1, -0.05) is 41.5 Å². The second-order valence-corrected chi connectivity index (χ2v) is 3.15. The molecule has 0 saturated heterocycles. The van der Waals surface area contributed by atoms with Crippen LogP contribution >= 0.6 is 0 Å². The van der Waals surface area contributed by atoms with Crippen LogP contribution in [0.5, 0.6) is 0 Å². The van der Waals surface area contributed by atoms with Crippen LogP contribution in [0.25, 0.3) is 0 Å². The van der Waals surface area contributed by atoms with Crippen molar-refractivity contribution in [2.75, 3.05) is 0 Å². The zero-order valence-electron chi connectivity index (χ0n) is 10.1. The summed E-state index contributed by atoms with van der Waals surface area (Å²) >= 11 is 0. The first-order chi connectivity index (χ1) is 5.20. The van der Waals surface area contributed by atoms with E-state index < -0.39 is 18.3 Å². The fourth-order valence-electron chi connectivity index (χ4n) is 0. The quantitative estimate of drug-likeness (QED) is 0.477. The summed E-state index contributed by atoms with van der Waals surface area (Å²) in [5, 5.41) is 28.6. The van der Waals surface area contributed by atoms with E-state index in [1.165, 1.54) is 0 Å². The summed E-state index contributed by atoms with van der Waals surface area (Å²) in [6.45, 7) is 9.67. The minimum absolute atomic E-state index is 0. The molecule has 0 amide bonds. The Bertz CT molecular complexity index is 46.5. The van der Waals surface area contributed by atoms with Crippen LogP contribution in [0.2, 0.25) is 0 Å². The van der Waals surface area contributed by atoms with Crippen LogP contribution in [-0.2, 0) is 0 Å². The van der Waals surface area contributed by atoms with Gasteiger partial charge in [-0.2, -0.15) is 0 Å². The van der Waals surface area contributed by atoms with Gasteiger partial charge in [-0.25, -0.2) is 0 Å². The Morgan fingerprint density at radius 3 is 0.500 bits per heavy atom. The van der Waals surface area contributed by atoms with Gasteiger partial charge >= 0.3 is 34.7 Å². The number of hydrogen-bond acceptors (Lipinski definition) is 3. The Morgan fingerprint density at radius 2 is 0.500 bits per heavy atom. The van der Waals surface area contributed by atoms with Crippen molar-refractivity contribution in [1.29, 1.82) is 0 Å². The maximum atomic E-state index is 9.53. The molecule has 0 N–H and O–H groups in total. The van der Waals surface area contributed by atoms with Crippen molar-refractivity contribution in [1.82, 2.24) is 0 Å². The zero-order valence-corrected chi connectivity index (χ0v) is 12.4. The van der Waals surface area contributed by atoms with E-state index in [9.17, 15) is 15.3 Å². The minimum Gasteiger partial charge on any atom is -0.852 e. The second-order valence-electron chi connectivity index (χ2n) is 3.15. The molecule has 0 aromatic heterocycles. The average Bonchev–Trinajstić information content (AvgIpc) is 1.54. The van der Waals surface area contributed by atoms with Crippen molar-refractivity contribution in [3.63, 3.8) is 0 Å². The van der Waals surface area contributed by atoms with Crippen molar-refractivity contribution < 1.29 is 15.3 Å². The van der Waals surface area contributed by atoms with E-state index in [0.717, 1.165) is 0 Å². The van der Waals surface area contributed by atoms with Gasteiger partial charge in [0.15, 0.2) is 0 Å². The van der Waals surface area contributed by atoms with Gasteiger partial charge in [0.05, 0.1) is 0 Å². The van der Waals surface area contributed by atoms with Gasteiger partial charge in [-0.3, -0.25) is 0 Å². The molecule has 0 aliphatic rings. The molecule has 0 rings (SSSR count). The van der Waals surface area contributed by atoms with Crippen molar-refractivity contribution in [2.45, 2.75) is 59.9 Å². The van der Waals surface area contributed by atoms with Crippen molar-refractivity contribution in [3.8, 4) is 0 Å². The predicted octanol–water partition coefficient (Wildman–Crippen LogP) is -1.50. The normalized spacial score (nSPS) is 7.71. The smallest absolute Gasteiger partial charge is 0.852 e. The molecule has 5 heteroatoms. The van der Waals surface area contributed by atoms with Gasteiger partial charge in [0.25, 0.3) is 0 Å². The Morgan fingerprint density at radius 1 is 0.500 bits per heavy atom. The number of rotatable bonds is 0. The molecule has 0 atom stereocenters. The van der Waals surface area contributed by atoms with E-state index in [1.807, 2.05) is 0 Å². The van der Waals surface area contributed by atoms with Crippen LogP contribution < -0.4 is 15.3 Å². The fraction of sp³-hybridized carbons (Fsp3) is 1.00. The maximum Gasteiger partial charge on any atom is 3.00 e. The summed E-state index contributed by atoms with van der Waals surface area (Å²) in [4.78, 5) is 0. The molecule has 78 valence electrons. The van der Waals surface area contributed by atoms with Gasteiger partial charge in [0, 0.05) is 0 Å². The van der Waals surface area contributed by atoms with Crippen molar-refractivity contribution in [2.24, 2.45) is 0 Å². The van der Waals surface area contributed by atoms with E-state index in [2.05, 4.69) is 0 Å². The van der Waals surface area contributed by atoms with Crippen LogP contribution in [-0.4, -0.2) is 53.0 Å². The molecule has 0 aromatic rings. The van der Waals surface area contributed by atoms with Crippen LogP contribution in [0, 0.1) is 0 Å². The van der Waals surface area contributed by atoms with Crippen LogP contribution in [0.3, 0.4) is 0 Å². The third-order valence-electron chi connectivity index (χ3n) is 0. The first-order valence-corrected chi connectivity index (χ1v) is 4.17. The van der Waals surface area contributed by atoms with Gasteiger partial charge in [0.2, 0.25) is 0 Å². The molecular formula is C9H21Al2O3+3.